The van der Waals surface area contributed by atoms with E-state index in [4.69, 9.17) is 4.42 Å². The summed E-state index contributed by atoms with van der Waals surface area (Å²) in [6.07, 6.45) is 3.08. The van der Waals surface area contributed by atoms with E-state index < -0.39 is 41.5 Å². The summed E-state index contributed by atoms with van der Waals surface area (Å²) in [5.41, 5.74) is 4.36. The molecule has 6 rings (SSSR count). The number of nitrogens with zero attached hydrogens (tertiary/aromatic N) is 1. The summed E-state index contributed by atoms with van der Waals surface area (Å²) in [5.74, 6) is -0.603. The van der Waals surface area contributed by atoms with Crippen molar-refractivity contribution < 1.29 is 25.1 Å². The molecule has 5 aromatic rings. The number of hydrogen-bond acceptors (Lipinski definition) is 5. The fraction of sp³-hybridized carbons (Fsp3) is 0.0938. The molecule has 7 nitrogen and oxygen atoms in total. The van der Waals surface area contributed by atoms with Gasteiger partial charge in [0.05, 0.1) is 0 Å². The average molecular weight is 687 g/mol. The molecule has 0 spiro atoms. The van der Waals surface area contributed by atoms with Crippen molar-refractivity contribution in [3.8, 4) is 22.5 Å². The molecule has 0 bridgehead atoms. The van der Waals surface area contributed by atoms with Gasteiger partial charge in [0.1, 0.15) is 5.82 Å². The number of hydrogen-bond donors (Lipinski definition) is 1. The average Bonchev–Trinajstić information content (AvgIpc) is 3.53. The van der Waals surface area contributed by atoms with Crippen LogP contribution in [0.4, 0.5) is 10.1 Å². The number of carbonyl (C=O) groups excluding carboxylic acids is 1. The minimum atomic E-state index is -3.69. The Morgan fingerprint density at radius 2 is 1.64 bits per heavy atom. The summed E-state index contributed by atoms with van der Waals surface area (Å²) in [6, 6.07) is 24.1. The molecule has 0 aliphatic carbocycles. The molecule has 0 atom stereocenters. The molecule has 1 aliphatic heterocycles. The number of amides is 1. The fourth-order valence-corrected chi connectivity index (χ4v) is 10.5. The van der Waals surface area contributed by atoms with Crippen molar-refractivity contribution in [2.75, 3.05) is 24.7 Å². The number of nitrogens with one attached hydrogen (secondary N) is 1. The molecule has 1 N–H and O–H groups in total. The van der Waals surface area contributed by atoms with Gasteiger partial charge in [-0.2, -0.15) is 0 Å². The number of halogens is 1. The van der Waals surface area contributed by atoms with Crippen molar-refractivity contribution in [3.05, 3.63) is 107 Å². The van der Waals surface area contributed by atoms with Crippen LogP contribution in [0.25, 0.3) is 43.1 Å². The molecule has 42 heavy (non-hydrogen) atoms. The Balaban J connectivity index is 1.59. The molecule has 0 saturated carbocycles. The number of sulfonamides is 1. The summed E-state index contributed by atoms with van der Waals surface area (Å²) >= 11 is -3.32. The first-order valence-corrected chi connectivity index (χ1v) is 18.9. The molecule has 0 fully saturated rings. The zero-order valence-corrected chi connectivity index (χ0v) is 26.6. The fourth-order valence-electron chi connectivity index (χ4n) is 5.22. The number of benzene rings is 4. The van der Waals surface area contributed by atoms with Gasteiger partial charge >= 0.3 is 240 Å². The van der Waals surface area contributed by atoms with E-state index in [-0.39, 0.29) is 11.3 Å². The molecule has 2 heterocycles. The van der Waals surface area contributed by atoms with E-state index in [1.165, 1.54) is 38.4 Å². The third-order valence-electron chi connectivity index (χ3n) is 7.44. The Kier molecular flexibility index (Phi) is 7.10. The SMILES string of the molecule is CNC(=O)c1c(-c2ccc(F)cc2)oc2cc(N(C)S(C)(=O)=O)c(-c3cccc([C]4=Cc5cccc[c]5[Sn]4=[O])c3)cc12. The summed E-state index contributed by atoms with van der Waals surface area (Å²) < 4.78 is 61.6. The molecular formula is C32H25FN2O5SSn. The predicted molar refractivity (Wildman–Crippen MR) is 164 cm³/mol. The number of rotatable bonds is 6. The summed E-state index contributed by atoms with van der Waals surface area (Å²) in [7, 11) is -0.733. The second kappa shape index (κ2) is 10.6. The standard InChI is InChI=1S/C32H25FN2O4S.O.Sn/c1-34-32(36)30-27-19-26(24-11-7-10-22(18-24)13-12-21-8-5-4-6-9-21)28(35(2)40(3,37)38)20-29(27)39-31(30)23-14-16-25(33)17-15-23;;/h4-8,10-12,14-20H,1-3H3,(H,34,36);;. The molecule has 0 saturated heterocycles. The van der Waals surface area contributed by atoms with Crippen molar-refractivity contribution in [2.24, 2.45) is 0 Å². The third-order valence-corrected chi connectivity index (χ3v) is 14.0. The van der Waals surface area contributed by atoms with E-state index in [0.29, 0.717) is 33.3 Å². The van der Waals surface area contributed by atoms with Crippen LogP contribution >= 0.6 is 0 Å². The van der Waals surface area contributed by atoms with E-state index >= 15 is 0 Å². The molecule has 10 heteroatoms. The summed E-state index contributed by atoms with van der Waals surface area (Å²) in [6.45, 7) is 0. The normalized spacial score (nSPS) is 12.8. The van der Waals surface area contributed by atoms with E-state index in [0.717, 1.165) is 28.9 Å². The van der Waals surface area contributed by atoms with Crippen LogP contribution in [0.15, 0.2) is 89.3 Å². The van der Waals surface area contributed by atoms with Crippen molar-refractivity contribution in [2.45, 2.75) is 0 Å². The van der Waals surface area contributed by atoms with E-state index in [2.05, 4.69) is 5.32 Å². The van der Waals surface area contributed by atoms with Crippen LogP contribution < -0.4 is 13.2 Å². The van der Waals surface area contributed by atoms with Crippen LogP contribution in [0, 0.1) is 5.82 Å². The number of anilines is 1. The molecule has 0 radical (unpaired) electrons. The van der Waals surface area contributed by atoms with Gasteiger partial charge in [-0.05, 0) is 0 Å². The Labute approximate surface area is 249 Å². The molecule has 1 aliphatic rings. The summed E-state index contributed by atoms with van der Waals surface area (Å²) in [5, 5.41) is 3.11. The van der Waals surface area contributed by atoms with Gasteiger partial charge in [0.15, 0.2) is 0 Å². The van der Waals surface area contributed by atoms with E-state index in [1.807, 2.05) is 54.6 Å². The number of furan rings is 1. The zero-order chi connectivity index (χ0) is 29.8. The monoisotopic (exact) mass is 688 g/mol. The molecule has 0 unspecified atom stereocenters. The Bertz CT molecular complexity index is 2070. The van der Waals surface area contributed by atoms with Gasteiger partial charge in [0.25, 0.3) is 0 Å². The van der Waals surface area contributed by atoms with Gasteiger partial charge in [-0.25, -0.2) is 4.39 Å². The quantitative estimate of drug-likeness (QED) is 0.242. The van der Waals surface area contributed by atoms with Crippen molar-refractivity contribution in [1.82, 2.24) is 5.32 Å². The van der Waals surface area contributed by atoms with Crippen LogP contribution in [-0.2, 0) is 13.1 Å². The van der Waals surface area contributed by atoms with Crippen LogP contribution in [0.3, 0.4) is 0 Å². The van der Waals surface area contributed by atoms with Gasteiger partial charge < -0.3 is 0 Å². The van der Waals surface area contributed by atoms with Gasteiger partial charge in [-0.3, -0.25) is 0 Å². The maximum absolute atomic E-state index is 13.7. The van der Waals surface area contributed by atoms with Gasteiger partial charge in [0, 0.05) is 0 Å². The second-order valence-electron chi connectivity index (χ2n) is 10.0. The first-order chi connectivity index (χ1) is 20.1. The van der Waals surface area contributed by atoms with Crippen LogP contribution in [0.5, 0.6) is 0 Å². The molecule has 4 aromatic carbocycles. The maximum atomic E-state index is 13.7. The zero-order valence-electron chi connectivity index (χ0n) is 22.9. The Hall–Kier alpha value is -4.09. The molecule has 1 aromatic heterocycles. The van der Waals surface area contributed by atoms with Crippen LogP contribution in [0.1, 0.15) is 21.5 Å². The topological polar surface area (TPSA) is 96.7 Å². The van der Waals surface area contributed by atoms with E-state index in [9.17, 15) is 20.7 Å². The minimum absolute atomic E-state index is 0.236. The second-order valence-corrected chi connectivity index (χ2v) is 17.0. The van der Waals surface area contributed by atoms with Crippen molar-refractivity contribution in [3.63, 3.8) is 0 Å². The van der Waals surface area contributed by atoms with Crippen molar-refractivity contribution >= 4 is 65.6 Å². The first kappa shape index (κ1) is 28.0. The molecule has 1 amide bonds. The van der Waals surface area contributed by atoms with Crippen LogP contribution in [-0.4, -0.2) is 54.4 Å². The number of carbonyl (C=O) groups is 1. The Morgan fingerprint density at radius 3 is 2.33 bits per heavy atom. The van der Waals surface area contributed by atoms with Gasteiger partial charge in [-0.1, -0.05) is 0 Å². The number of fused-ring (bicyclic) bond motifs is 2. The van der Waals surface area contributed by atoms with Gasteiger partial charge in [0.2, 0.25) is 0 Å². The first-order valence-electron chi connectivity index (χ1n) is 13.1. The summed E-state index contributed by atoms with van der Waals surface area (Å²) in [4.78, 5) is 13.2. The third kappa shape index (κ3) is 4.86. The van der Waals surface area contributed by atoms with Crippen LogP contribution in [0.2, 0.25) is 0 Å². The van der Waals surface area contributed by atoms with Crippen molar-refractivity contribution in [1.29, 1.82) is 0 Å². The molecular weight excluding hydrogens is 662 g/mol. The molecule has 210 valence electrons. The predicted octanol–water partition coefficient (Wildman–Crippen LogP) is 5.38. The van der Waals surface area contributed by atoms with E-state index in [1.54, 1.807) is 12.1 Å². The van der Waals surface area contributed by atoms with Gasteiger partial charge in [-0.15, -0.1) is 0 Å². The Morgan fingerprint density at radius 1 is 0.929 bits per heavy atom.